The fraction of sp³-hybridized carbons (Fsp3) is 0.0455. The van der Waals surface area contributed by atoms with Crippen molar-refractivity contribution in [3.05, 3.63) is 90.3 Å². The zero-order valence-electron chi connectivity index (χ0n) is 14.7. The van der Waals surface area contributed by atoms with Crippen LogP contribution in [0, 0.1) is 6.92 Å². The van der Waals surface area contributed by atoms with Gasteiger partial charge >= 0.3 is 0 Å². The van der Waals surface area contributed by atoms with Gasteiger partial charge in [0.05, 0.1) is 11.1 Å². The maximum Gasteiger partial charge on any atom is 0.257 e. The van der Waals surface area contributed by atoms with Crippen LogP contribution in [0.3, 0.4) is 0 Å². The van der Waals surface area contributed by atoms with E-state index in [-0.39, 0.29) is 5.91 Å². The minimum absolute atomic E-state index is 0.201. The third-order valence-corrected chi connectivity index (χ3v) is 4.10. The van der Waals surface area contributed by atoms with Gasteiger partial charge in [-0.25, -0.2) is 4.98 Å². The second kappa shape index (κ2) is 7.25. The van der Waals surface area contributed by atoms with Crippen LogP contribution in [0.4, 0.5) is 5.69 Å². The maximum atomic E-state index is 12.6. The molecule has 2 heterocycles. The highest BCUT2D eigenvalue weighted by atomic mass is 16.5. The third kappa shape index (κ3) is 3.77. The van der Waals surface area contributed by atoms with Crippen molar-refractivity contribution in [2.45, 2.75) is 6.92 Å². The second-order valence-corrected chi connectivity index (χ2v) is 6.14. The number of nitrogens with one attached hydrogen (secondary N) is 1. The molecule has 0 radical (unpaired) electrons. The molecule has 0 atom stereocenters. The summed E-state index contributed by atoms with van der Waals surface area (Å²) in [5.41, 5.74) is 2.97. The summed E-state index contributed by atoms with van der Waals surface area (Å²) in [6, 6.07) is 20.3. The zero-order chi connectivity index (χ0) is 18.6. The first kappa shape index (κ1) is 16.7. The third-order valence-electron chi connectivity index (χ3n) is 4.10. The Hall–Kier alpha value is -3.73. The molecular weight excluding hydrogens is 338 g/mol. The number of ether oxygens (including phenoxy) is 1. The van der Waals surface area contributed by atoms with Crippen LogP contribution in [0.1, 0.15) is 15.9 Å². The molecular formula is C22H17N3O2. The predicted octanol–water partition coefficient (Wildman–Crippen LogP) is 4.98. The summed E-state index contributed by atoms with van der Waals surface area (Å²) >= 11 is 0. The Labute approximate surface area is 156 Å². The van der Waals surface area contributed by atoms with E-state index in [1.54, 1.807) is 42.7 Å². The molecule has 0 spiro atoms. The molecule has 0 bridgehead atoms. The van der Waals surface area contributed by atoms with Crippen molar-refractivity contribution in [3.63, 3.8) is 0 Å². The Morgan fingerprint density at radius 1 is 0.926 bits per heavy atom. The van der Waals surface area contributed by atoms with Crippen LogP contribution < -0.4 is 10.1 Å². The van der Waals surface area contributed by atoms with E-state index in [4.69, 9.17) is 4.74 Å². The highest BCUT2D eigenvalue weighted by molar-refractivity contribution is 6.11. The molecule has 1 amide bonds. The number of anilines is 1. The number of aromatic nitrogens is 2. The van der Waals surface area contributed by atoms with Crippen LogP contribution in [0.5, 0.6) is 11.6 Å². The smallest absolute Gasteiger partial charge is 0.257 e. The number of aryl methyl sites for hydroxylation is 1. The lowest BCUT2D eigenvalue weighted by Crippen LogP contribution is -2.12. The highest BCUT2D eigenvalue weighted by Gasteiger charge is 2.11. The molecule has 4 aromatic rings. The van der Waals surface area contributed by atoms with Gasteiger partial charge in [-0.15, -0.1) is 0 Å². The molecule has 2 aromatic heterocycles. The fourth-order valence-corrected chi connectivity index (χ4v) is 2.73. The highest BCUT2D eigenvalue weighted by Crippen LogP contribution is 2.23. The number of hydrogen-bond donors (Lipinski definition) is 1. The van der Waals surface area contributed by atoms with E-state index in [2.05, 4.69) is 15.3 Å². The number of rotatable bonds is 4. The number of benzene rings is 2. The molecule has 5 nitrogen and oxygen atoms in total. The van der Waals surface area contributed by atoms with Gasteiger partial charge in [0.1, 0.15) is 5.75 Å². The summed E-state index contributed by atoms with van der Waals surface area (Å²) in [5, 5.41) is 3.83. The van der Waals surface area contributed by atoms with Gasteiger partial charge in [-0.2, -0.15) is 0 Å². The number of para-hydroxylation sites is 1. The molecule has 27 heavy (non-hydrogen) atoms. The number of hydrogen-bond acceptors (Lipinski definition) is 4. The Morgan fingerprint density at radius 3 is 2.52 bits per heavy atom. The van der Waals surface area contributed by atoms with Crippen molar-refractivity contribution in [1.82, 2.24) is 9.97 Å². The molecule has 0 saturated carbocycles. The minimum atomic E-state index is -0.201. The van der Waals surface area contributed by atoms with Crippen molar-refractivity contribution in [2.75, 3.05) is 5.32 Å². The van der Waals surface area contributed by atoms with E-state index in [1.807, 2.05) is 43.3 Å². The largest absolute Gasteiger partial charge is 0.439 e. The van der Waals surface area contributed by atoms with Crippen LogP contribution in [0.15, 0.2) is 79.1 Å². The first-order valence-electron chi connectivity index (χ1n) is 8.55. The second-order valence-electron chi connectivity index (χ2n) is 6.14. The molecule has 0 unspecified atom stereocenters. The molecule has 4 rings (SSSR count). The Bertz CT molecular complexity index is 1090. The normalized spacial score (nSPS) is 10.6. The van der Waals surface area contributed by atoms with Crippen LogP contribution in [-0.4, -0.2) is 15.9 Å². The van der Waals surface area contributed by atoms with Gasteiger partial charge in [-0.1, -0.05) is 24.3 Å². The van der Waals surface area contributed by atoms with Crippen LogP contribution in [0.25, 0.3) is 10.9 Å². The van der Waals surface area contributed by atoms with E-state index in [0.29, 0.717) is 28.4 Å². The lowest BCUT2D eigenvalue weighted by atomic mass is 10.1. The van der Waals surface area contributed by atoms with E-state index in [1.165, 1.54) is 0 Å². The van der Waals surface area contributed by atoms with E-state index in [9.17, 15) is 4.79 Å². The molecule has 0 aliphatic carbocycles. The predicted molar refractivity (Wildman–Crippen MR) is 105 cm³/mol. The Balaban J connectivity index is 1.49. The standard InChI is InChI=1S/C22H17N3O2/c1-15-7-12-20(24-14-15)27-18-10-8-17(9-11-18)25-22(26)19-6-2-4-16-5-3-13-23-21(16)19/h2-14H,1H3,(H,25,26). The number of fused-ring (bicyclic) bond motifs is 1. The average molecular weight is 355 g/mol. The summed E-state index contributed by atoms with van der Waals surface area (Å²) in [5.74, 6) is 0.976. The lowest BCUT2D eigenvalue weighted by Gasteiger charge is -2.09. The van der Waals surface area contributed by atoms with Gasteiger partial charge in [0.25, 0.3) is 5.91 Å². The van der Waals surface area contributed by atoms with Crippen molar-refractivity contribution < 1.29 is 9.53 Å². The molecule has 0 aliphatic rings. The van der Waals surface area contributed by atoms with E-state index >= 15 is 0 Å². The topological polar surface area (TPSA) is 64.1 Å². The maximum absolute atomic E-state index is 12.6. The Kier molecular flexibility index (Phi) is 4.49. The van der Waals surface area contributed by atoms with Crippen molar-refractivity contribution >= 4 is 22.5 Å². The van der Waals surface area contributed by atoms with Gasteiger partial charge in [0.2, 0.25) is 5.88 Å². The van der Waals surface area contributed by atoms with Crippen molar-refractivity contribution in [3.8, 4) is 11.6 Å². The summed E-state index contributed by atoms with van der Waals surface area (Å²) in [6.07, 6.45) is 3.44. The van der Waals surface area contributed by atoms with Gasteiger partial charge in [-0.05, 0) is 48.9 Å². The SMILES string of the molecule is Cc1ccc(Oc2ccc(NC(=O)c3cccc4cccnc34)cc2)nc1. The zero-order valence-corrected chi connectivity index (χ0v) is 14.7. The van der Waals surface area contributed by atoms with Gasteiger partial charge in [-0.3, -0.25) is 9.78 Å². The van der Waals surface area contributed by atoms with Gasteiger partial charge in [0, 0.05) is 29.5 Å². The van der Waals surface area contributed by atoms with Gasteiger partial charge in [0.15, 0.2) is 0 Å². The summed E-state index contributed by atoms with van der Waals surface area (Å²) in [6.45, 7) is 1.97. The van der Waals surface area contributed by atoms with Crippen LogP contribution >= 0.6 is 0 Å². The molecule has 1 N–H and O–H groups in total. The van der Waals surface area contributed by atoms with E-state index < -0.39 is 0 Å². The number of nitrogens with zero attached hydrogens (tertiary/aromatic N) is 2. The summed E-state index contributed by atoms with van der Waals surface area (Å²) in [7, 11) is 0. The molecule has 0 saturated heterocycles. The number of pyridine rings is 2. The number of carbonyl (C=O) groups is 1. The first-order valence-corrected chi connectivity index (χ1v) is 8.55. The summed E-state index contributed by atoms with van der Waals surface area (Å²) in [4.78, 5) is 21.2. The molecule has 0 aliphatic heterocycles. The van der Waals surface area contributed by atoms with Crippen LogP contribution in [0.2, 0.25) is 0 Å². The van der Waals surface area contributed by atoms with E-state index in [0.717, 1.165) is 10.9 Å². The number of amides is 1. The monoisotopic (exact) mass is 355 g/mol. The Morgan fingerprint density at radius 2 is 1.74 bits per heavy atom. The van der Waals surface area contributed by atoms with Crippen molar-refractivity contribution in [2.24, 2.45) is 0 Å². The van der Waals surface area contributed by atoms with Gasteiger partial charge < -0.3 is 10.1 Å². The molecule has 2 aromatic carbocycles. The minimum Gasteiger partial charge on any atom is -0.439 e. The average Bonchev–Trinajstić information content (AvgIpc) is 2.71. The van der Waals surface area contributed by atoms with Crippen LogP contribution in [-0.2, 0) is 0 Å². The molecule has 132 valence electrons. The molecule has 0 fully saturated rings. The quantitative estimate of drug-likeness (QED) is 0.560. The summed E-state index contributed by atoms with van der Waals surface area (Å²) < 4.78 is 5.70. The lowest BCUT2D eigenvalue weighted by molar-refractivity contribution is 0.102. The molecule has 5 heteroatoms. The first-order chi connectivity index (χ1) is 13.2. The fourth-order valence-electron chi connectivity index (χ4n) is 2.73. The van der Waals surface area contributed by atoms with Crippen molar-refractivity contribution in [1.29, 1.82) is 0 Å². The number of carbonyl (C=O) groups excluding carboxylic acids is 1.